The van der Waals surface area contributed by atoms with Crippen LogP contribution in [-0.2, 0) is 6.54 Å². The summed E-state index contributed by atoms with van der Waals surface area (Å²) in [5.41, 5.74) is 1.89. The van der Waals surface area contributed by atoms with Gasteiger partial charge >= 0.3 is 0 Å². The zero-order valence-corrected chi connectivity index (χ0v) is 10.8. The molecular weight excluding hydrogens is 250 g/mol. The summed E-state index contributed by atoms with van der Waals surface area (Å²) in [5, 5.41) is 8.01. The van der Waals surface area contributed by atoms with Crippen LogP contribution in [0.1, 0.15) is 5.56 Å². The van der Waals surface area contributed by atoms with Gasteiger partial charge in [-0.3, -0.25) is 0 Å². The Labute approximate surface area is 111 Å². The molecule has 0 saturated heterocycles. The van der Waals surface area contributed by atoms with E-state index in [9.17, 15) is 0 Å². The Balaban J connectivity index is 2.07. The van der Waals surface area contributed by atoms with Gasteiger partial charge in [-0.05, 0) is 12.1 Å². The van der Waals surface area contributed by atoms with Crippen LogP contribution in [0.2, 0.25) is 5.02 Å². The molecule has 94 valence electrons. The number of rotatable bonds is 5. The molecule has 0 aliphatic carbocycles. The average molecular weight is 264 g/mol. The standard InChI is InChI=1S/C13H14ClN3O/c1-3-17-9-10(8-16-17)7-15-13-6-11(18-2)4-5-12(13)14/h3-6,8-9,15H,1,7H2,2H3. The average Bonchev–Trinajstić information content (AvgIpc) is 2.86. The summed E-state index contributed by atoms with van der Waals surface area (Å²) in [7, 11) is 1.63. The number of aromatic nitrogens is 2. The Bertz CT molecular complexity index is 551. The molecule has 0 amide bonds. The van der Waals surface area contributed by atoms with Gasteiger partial charge in [-0.15, -0.1) is 0 Å². The quantitative estimate of drug-likeness (QED) is 0.900. The number of nitrogens with one attached hydrogen (secondary N) is 1. The lowest BCUT2D eigenvalue weighted by Crippen LogP contribution is -1.99. The maximum Gasteiger partial charge on any atom is 0.121 e. The summed E-state index contributed by atoms with van der Waals surface area (Å²) in [4.78, 5) is 0. The Hall–Kier alpha value is -1.94. The fraction of sp³-hybridized carbons (Fsp3) is 0.154. The number of methoxy groups -OCH3 is 1. The molecule has 2 rings (SSSR count). The van der Waals surface area contributed by atoms with Gasteiger partial charge in [-0.2, -0.15) is 5.10 Å². The number of hydrogen-bond donors (Lipinski definition) is 1. The molecular formula is C13H14ClN3O. The molecule has 1 N–H and O–H groups in total. The lowest BCUT2D eigenvalue weighted by molar-refractivity contribution is 0.415. The van der Waals surface area contributed by atoms with E-state index < -0.39 is 0 Å². The van der Waals surface area contributed by atoms with E-state index in [4.69, 9.17) is 16.3 Å². The number of halogens is 1. The van der Waals surface area contributed by atoms with Gasteiger partial charge in [0.15, 0.2) is 0 Å². The van der Waals surface area contributed by atoms with Crippen LogP contribution in [0, 0.1) is 0 Å². The first kappa shape index (κ1) is 12.5. The highest BCUT2D eigenvalue weighted by Gasteiger charge is 2.03. The molecule has 0 aliphatic heterocycles. The minimum atomic E-state index is 0.640. The zero-order valence-electron chi connectivity index (χ0n) is 10.1. The van der Waals surface area contributed by atoms with Crippen LogP contribution in [-0.4, -0.2) is 16.9 Å². The maximum absolute atomic E-state index is 6.10. The van der Waals surface area contributed by atoms with Gasteiger partial charge in [-0.25, -0.2) is 4.68 Å². The van der Waals surface area contributed by atoms with Gasteiger partial charge in [0.05, 0.1) is 24.0 Å². The first-order valence-corrected chi connectivity index (χ1v) is 5.83. The van der Waals surface area contributed by atoms with Crippen LogP contribution in [0.5, 0.6) is 5.75 Å². The van der Waals surface area contributed by atoms with Gasteiger partial charge in [-0.1, -0.05) is 18.2 Å². The Kier molecular flexibility index (Phi) is 3.89. The van der Waals surface area contributed by atoms with E-state index in [1.807, 2.05) is 18.3 Å². The Morgan fingerprint density at radius 3 is 3.06 bits per heavy atom. The number of nitrogens with zero attached hydrogens (tertiary/aromatic N) is 2. The summed E-state index contributed by atoms with van der Waals surface area (Å²) in [6.45, 7) is 4.28. The van der Waals surface area contributed by atoms with Crippen LogP contribution >= 0.6 is 11.6 Å². The van der Waals surface area contributed by atoms with Crippen molar-refractivity contribution in [1.82, 2.24) is 9.78 Å². The number of ether oxygens (including phenoxy) is 1. The first-order valence-electron chi connectivity index (χ1n) is 5.46. The van der Waals surface area contributed by atoms with Crippen molar-refractivity contribution >= 4 is 23.5 Å². The molecule has 0 fully saturated rings. The summed E-state index contributed by atoms with van der Waals surface area (Å²) in [6, 6.07) is 5.49. The SMILES string of the molecule is C=Cn1cc(CNc2cc(OC)ccc2Cl)cn1. The smallest absolute Gasteiger partial charge is 0.121 e. The van der Waals surface area contributed by atoms with E-state index in [1.165, 1.54) is 0 Å². The number of anilines is 1. The first-order chi connectivity index (χ1) is 8.72. The second kappa shape index (κ2) is 5.60. The van der Waals surface area contributed by atoms with Crippen molar-refractivity contribution in [3.05, 3.63) is 47.8 Å². The molecule has 0 bridgehead atoms. The number of hydrogen-bond acceptors (Lipinski definition) is 3. The molecule has 0 aliphatic rings. The summed E-state index contributed by atoms with van der Waals surface area (Å²) in [5.74, 6) is 0.767. The lowest BCUT2D eigenvalue weighted by atomic mass is 10.3. The van der Waals surface area contributed by atoms with Crippen molar-refractivity contribution in [1.29, 1.82) is 0 Å². The predicted molar refractivity (Wildman–Crippen MR) is 73.9 cm³/mol. The fourth-order valence-corrected chi connectivity index (χ4v) is 1.72. The monoisotopic (exact) mass is 263 g/mol. The molecule has 4 nitrogen and oxygen atoms in total. The van der Waals surface area contributed by atoms with Crippen LogP contribution in [0.15, 0.2) is 37.2 Å². The van der Waals surface area contributed by atoms with Gasteiger partial charge in [0.25, 0.3) is 0 Å². The van der Waals surface area contributed by atoms with Gasteiger partial charge in [0.1, 0.15) is 5.75 Å². The minimum absolute atomic E-state index is 0.640. The van der Waals surface area contributed by atoms with Crippen LogP contribution in [0.3, 0.4) is 0 Å². The molecule has 2 aromatic rings. The second-order valence-corrected chi connectivity index (χ2v) is 4.12. The van der Waals surface area contributed by atoms with Crippen molar-refractivity contribution in [2.45, 2.75) is 6.54 Å². The molecule has 1 heterocycles. The summed E-state index contributed by atoms with van der Waals surface area (Å²) in [6.07, 6.45) is 5.32. The van der Waals surface area contributed by atoms with Gasteiger partial charge in [0.2, 0.25) is 0 Å². The van der Waals surface area contributed by atoms with Gasteiger partial charge in [0, 0.05) is 30.6 Å². The molecule has 0 unspecified atom stereocenters. The Morgan fingerprint density at radius 1 is 1.56 bits per heavy atom. The minimum Gasteiger partial charge on any atom is -0.497 e. The third kappa shape index (κ3) is 2.84. The predicted octanol–water partition coefficient (Wildman–Crippen LogP) is 3.26. The fourth-order valence-electron chi connectivity index (χ4n) is 1.53. The van der Waals surface area contributed by atoms with Crippen LogP contribution < -0.4 is 10.1 Å². The molecule has 1 aromatic carbocycles. The molecule has 0 radical (unpaired) electrons. The molecule has 0 atom stereocenters. The van der Waals surface area contributed by atoms with E-state index in [2.05, 4.69) is 17.0 Å². The van der Waals surface area contributed by atoms with E-state index in [1.54, 1.807) is 30.3 Å². The molecule has 0 saturated carbocycles. The highest BCUT2D eigenvalue weighted by Crippen LogP contribution is 2.26. The van der Waals surface area contributed by atoms with Crippen molar-refractivity contribution in [3.8, 4) is 5.75 Å². The molecule has 0 spiro atoms. The zero-order chi connectivity index (χ0) is 13.0. The second-order valence-electron chi connectivity index (χ2n) is 3.71. The highest BCUT2D eigenvalue weighted by molar-refractivity contribution is 6.33. The number of benzene rings is 1. The van der Waals surface area contributed by atoms with Crippen LogP contribution in [0.25, 0.3) is 6.20 Å². The van der Waals surface area contributed by atoms with E-state index in [-0.39, 0.29) is 0 Å². The van der Waals surface area contributed by atoms with Crippen molar-refractivity contribution in [2.75, 3.05) is 12.4 Å². The van der Waals surface area contributed by atoms with Crippen molar-refractivity contribution in [2.24, 2.45) is 0 Å². The maximum atomic E-state index is 6.10. The van der Waals surface area contributed by atoms with E-state index in [0.29, 0.717) is 11.6 Å². The highest BCUT2D eigenvalue weighted by atomic mass is 35.5. The van der Waals surface area contributed by atoms with Crippen LogP contribution in [0.4, 0.5) is 5.69 Å². The topological polar surface area (TPSA) is 39.1 Å². The normalized spacial score (nSPS) is 10.1. The summed E-state index contributed by atoms with van der Waals surface area (Å²) >= 11 is 6.10. The van der Waals surface area contributed by atoms with Crippen molar-refractivity contribution in [3.63, 3.8) is 0 Å². The van der Waals surface area contributed by atoms with Crippen molar-refractivity contribution < 1.29 is 4.74 Å². The Morgan fingerprint density at radius 2 is 2.39 bits per heavy atom. The third-order valence-electron chi connectivity index (χ3n) is 2.50. The largest absolute Gasteiger partial charge is 0.497 e. The molecule has 18 heavy (non-hydrogen) atoms. The third-order valence-corrected chi connectivity index (χ3v) is 2.83. The molecule has 5 heteroatoms. The summed E-state index contributed by atoms with van der Waals surface area (Å²) < 4.78 is 6.81. The van der Waals surface area contributed by atoms with E-state index >= 15 is 0 Å². The lowest BCUT2D eigenvalue weighted by Gasteiger charge is -2.09. The molecule has 1 aromatic heterocycles. The van der Waals surface area contributed by atoms with E-state index in [0.717, 1.165) is 17.0 Å². The van der Waals surface area contributed by atoms with Gasteiger partial charge < -0.3 is 10.1 Å².